The van der Waals surface area contributed by atoms with Crippen LogP contribution in [0, 0.1) is 6.92 Å². The predicted molar refractivity (Wildman–Crippen MR) is 59.1 cm³/mol. The van der Waals surface area contributed by atoms with Crippen LogP contribution in [0.1, 0.15) is 35.7 Å². The maximum atomic E-state index is 11.8. The van der Waals surface area contributed by atoms with E-state index in [1.54, 1.807) is 6.92 Å². The van der Waals surface area contributed by atoms with E-state index in [0.717, 1.165) is 32.4 Å². The first kappa shape index (κ1) is 11.1. The van der Waals surface area contributed by atoms with Crippen molar-refractivity contribution >= 4 is 5.91 Å². The molecule has 88 valence electrons. The predicted octanol–water partition coefficient (Wildman–Crippen LogP) is -0.0150. The van der Waals surface area contributed by atoms with Crippen LogP contribution < -0.4 is 10.6 Å². The van der Waals surface area contributed by atoms with Gasteiger partial charge in [0.25, 0.3) is 5.91 Å². The van der Waals surface area contributed by atoms with Gasteiger partial charge in [0.05, 0.1) is 0 Å². The molecule has 0 saturated carbocycles. The van der Waals surface area contributed by atoms with Gasteiger partial charge in [0.15, 0.2) is 0 Å². The number of amides is 1. The van der Waals surface area contributed by atoms with Gasteiger partial charge >= 0.3 is 0 Å². The van der Waals surface area contributed by atoms with Gasteiger partial charge in [-0.15, -0.1) is 5.10 Å². The minimum Gasteiger partial charge on any atom is -0.346 e. The molecule has 0 aliphatic carbocycles. The van der Waals surface area contributed by atoms with Gasteiger partial charge in [0.2, 0.25) is 5.82 Å². The molecule has 0 radical (unpaired) electrons. The lowest BCUT2D eigenvalue weighted by molar-refractivity contribution is 0.0924. The van der Waals surface area contributed by atoms with E-state index >= 15 is 0 Å². The van der Waals surface area contributed by atoms with Gasteiger partial charge in [-0.3, -0.25) is 9.89 Å². The van der Waals surface area contributed by atoms with E-state index in [4.69, 9.17) is 0 Å². The molecule has 1 fully saturated rings. The molecule has 1 aromatic rings. The summed E-state index contributed by atoms with van der Waals surface area (Å²) in [5.74, 6) is 0.707. The summed E-state index contributed by atoms with van der Waals surface area (Å²) in [6.45, 7) is 3.77. The summed E-state index contributed by atoms with van der Waals surface area (Å²) in [6, 6.07) is 0.237. The summed E-state index contributed by atoms with van der Waals surface area (Å²) >= 11 is 0. The van der Waals surface area contributed by atoms with Crippen molar-refractivity contribution in [3.05, 3.63) is 11.6 Å². The number of rotatable bonds is 2. The number of H-pyrrole nitrogens is 1. The summed E-state index contributed by atoms with van der Waals surface area (Å²) < 4.78 is 0. The molecule has 1 atom stereocenters. The number of nitrogens with zero attached hydrogens (tertiary/aromatic N) is 2. The molecular weight excluding hydrogens is 206 g/mol. The van der Waals surface area contributed by atoms with Crippen molar-refractivity contribution in [2.24, 2.45) is 0 Å². The smallest absolute Gasteiger partial charge is 0.291 e. The summed E-state index contributed by atoms with van der Waals surface area (Å²) in [5, 5.41) is 12.8. The summed E-state index contributed by atoms with van der Waals surface area (Å²) in [5.41, 5.74) is 0. The minimum atomic E-state index is -0.184. The van der Waals surface area contributed by atoms with E-state index in [9.17, 15) is 4.79 Å². The second-order valence-corrected chi connectivity index (χ2v) is 4.10. The molecule has 1 aliphatic heterocycles. The quantitative estimate of drug-likeness (QED) is 0.658. The fourth-order valence-electron chi connectivity index (χ4n) is 1.86. The van der Waals surface area contributed by atoms with E-state index in [0.29, 0.717) is 5.82 Å². The van der Waals surface area contributed by atoms with Crippen molar-refractivity contribution in [1.82, 2.24) is 25.8 Å². The average molecular weight is 223 g/mol. The lowest BCUT2D eigenvalue weighted by atomic mass is 10.1. The first-order valence-corrected chi connectivity index (χ1v) is 5.66. The molecule has 1 unspecified atom stereocenters. The number of aromatic amines is 1. The Morgan fingerprint density at radius 1 is 1.44 bits per heavy atom. The van der Waals surface area contributed by atoms with Crippen LogP contribution in [0.25, 0.3) is 0 Å². The van der Waals surface area contributed by atoms with E-state index in [1.165, 1.54) is 0 Å². The fourth-order valence-corrected chi connectivity index (χ4v) is 1.86. The molecular formula is C10H17N5O. The van der Waals surface area contributed by atoms with Crippen LogP contribution in [-0.2, 0) is 0 Å². The molecule has 1 saturated heterocycles. The molecule has 2 heterocycles. The van der Waals surface area contributed by atoms with E-state index < -0.39 is 0 Å². The van der Waals surface area contributed by atoms with Gasteiger partial charge in [0.1, 0.15) is 5.82 Å². The number of carbonyl (C=O) groups is 1. The van der Waals surface area contributed by atoms with Crippen molar-refractivity contribution in [3.8, 4) is 0 Å². The molecule has 6 nitrogen and oxygen atoms in total. The second kappa shape index (κ2) is 5.07. The number of nitrogens with one attached hydrogen (secondary N) is 3. The first-order valence-electron chi connectivity index (χ1n) is 5.66. The van der Waals surface area contributed by atoms with Gasteiger partial charge in [-0.05, 0) is 39.3 Å². The Bertz CT molecular complexity index is 354. The zero-order valence-corrected chi connectivity index (χ0v) is 9.42. The van der Waals surface area contributed by atoms with Crippen molar-refractivity contribution in [2.75, 3.05) is 13.1 Å². The largest absolute Gasteiger partial charge is 0.346 e. The van der Waals surface area contributed by atoms with Crippen molar-refractivity contribution in [3.63, 3.8) is 0 Å². The summed E-state index contributed by atoms with van der Waals surface area (Å²) in [4.78, 5) is 15.8. The fraction of sp³-hybridized carbons (Fsp3) is 0.700. The van der Waals surface area contributed by atoms with Crippen LogP contribution in [0.4, 0.5) is 0 Å². The molecule has 1 aliphatic rings. The number of aryl methyl sites for hydroxylation is 1. The highest BCUT2D eigenvalue weighted by atomic mass is 16.2. The topological polar surface area (TPSA) is 82.7 Å². The lowest BCUT2D eigenvalue weighted by Crippen LogP contribution is -2.36. The standard InChI is InChI=1S/C10H17N5O/c1-7-12-9(15-14-7)10(16)13-8-3-2-5-11-6-4-8/h8,11H,2-6H2,1H3,(H,13,16)(H,12,14,15). The Labute approximate surface area is 94.2 Å². The number of hydrogen-bond donors (Lipinski definition) is 3. The van der Waals surface area contributed by atoms with Gasteiger partial charge in [-0.25, -0.2) is 4.98 Å². The summed E-state index contributed by atoms with van der Waals surface area (Å²) in [6.07, 6.45) is 3.08. The minimum absolute atomic E-state index is 0.184. The third kappa shape index (κ3) is 2.79. The summed E-state index contributed by atoms with van der Waals surface area (Å²) in [7, 11) is 0. The first-order chi connectivity index (χ1) is 7.75. The molecule has 0 spiro atoms. The van der Waals surface area contributed by atoms with Gasteiger partial charge in [-0.1, -0.05) is 0 Å². The van der Waals surface area contributed by atoms with Gasteiger partial charge in [-0.2, -0.15) is 0 Å². The Morgan fingerprint density at radius 3 is 3.06 bits per heavy atom. The van der Waals surface area contributed by atoms with Gasteiger partial charge < -0.3 is 10.6 Å². The Kier molecular flexibility index (Phi) is 3.51. The zero-order valence-electron chi connectivity index (χ0n) is 9.42. The number of carbonyl (C=O) groups excluding carboxylic acids is 1. The molecule has 6 heteroatoms. The molecule has 16 heavy (non-hydrogen) atoms. The third-order valence-electron chi connectivity index (χ3n) is 2.71. The highest BCUT2D eigenvalue weighted by Gasteiger charge is 2.17. The molecule has 0 aromatic carbocycles. The molecule has 2 rings (SSSR count). The number of hydrogen-bond acceptors (Lipinski definition) is 4. The Hall–Kier alpha value is -1.43. The maximum Gasteiger partial charge on any atom is 0.291 e. The second-order valence-electron chi connectivity index (χ2n) is 4.10. The normalized spacial score (nSPS) is 21.4. The zero-order chi connectivity index (χ0) is 11.4. The maximum absolute atomic E-state index is 11.8. The highest BCUT2D eigenvalue weighted by molar-refractivity contribution is 5.90. The van der Waals surface area contributed by atoms with Crippen LogP contribution in [0.15, 0.2) is 0 Å². The number of aromatic nitrogens is 3. The molecule has 0 bridgehead atoms. The lowest BCUT2D eigenvalue weighted by Gasteiger charge is -2.14. The van der Waals surface area contributed by atoms with Crippen LogP contribution >= 0.6 is 0 Å². The highest BCUT2D eigenvalue weighted by Crippen LogP contribution is 2.05. The third-order valence-corrected chi connectivity index (χ3v) is 2.71. The van der Waals surface area contributed by atoms with E-state index in [-0.39, 0.29) is 17.8 Å². The van der Waals surface area contributed by atoms with Crippen LogP contribution in [0.5, 0.6) is 0 Å². The molecule has 3 N–H and O–H groups in total. The molecule has 1 aromatic heterocycles. The van der Waals surface area contributed by atoms with Crippen LogP contribution in [0.3, 0.4) is 0 Å². The van der Waals surface area contributed by atoms with Gasteiger partial charge in [0, 0.05) is 6.04 Å². The van der Waals surface area contributed by atoms with Crippen LogP contribution in [0.2, 0.25) is 0 Å². The van der Waals surface area contributed by atoms with Crippen LogP contribution in [-0.4, -0.2) is 40.2 Å². The Morgan fingerprint density at radius 2 is 2.31 bits per heavy atom. The molecule has 1 amide bonds. The van der Waals surface area contributed by atoms with Crippen molar-refractivity contribution in [2.45, 2.75) is 32.2 Å². The van der Waals surface area contributed by atoms with E-state index in [1.807, 2.05) is 0 Å². The Balaban J connectivity index is 1.90. The van der Waals surface area contributed by atoms with Crippen molar-refractivity contribution < 1.29 is 4.79 Å². The SMILES string of the molecule is Cc1nc(C(=O)NC2CCCNCC2)n[nH]1. The monoisotopic (exact) mass is 223 g/mol. The van der Waals surface area contributed by atoms with E-state index in [2.05, 4.69) is 25.8 Å². The van der Waals surface area contributed by atoms with Crippen molar-refractivity contribution in [1.29, 1.82) is 0 Å². The average Bonchev–Trinajstić information content (AvgIpc) is 2.54.